The van der Waals surface area contributed by atoms with Crippen molar-refractivity contribution in [3.05, 3.63) is 23.8 Å². The lowest BCUT2D eigenvalue weighted by molar-refractivity contribution is 0.0948. The first-order valence-corrected chi connectivity index (χ1v) is 5.32. The fourth-order valence-electron chi connectivity index (χ4n) is 1.52. The van der Waals surface area contributed by atoms with Crippen LogP contribution < -0.4 is 9.47 Å². The molecule has 1 aromatic rings. The summed E-state index contributed by atoms with van der Waals surface area (Å²) in [7, 11) is 1.92. The van der Waals surface area contributed by atoms with Crippen LogP contribution >= 0.6 is 0 Å². The van der Waals surface area contributed by atoms with Gasteiger partial charge in [0.15, 0.2) is 17.3 Å². The van der Waals surface area contributed by atoms with Crippen LogP contribution in [0.2, 0.25) is 0 Å². The van der Waals surface area contributed by atoms with Crippen molar-refractivity contribution in [1.82, 2.24) is 4.90 Å². The Morgan fingerprint density at radius 1 is 1.38 bits per heavy atom. The summed E-state index contributed by atoms with van der Waals surface area (Å²) >= 11 is 0. The highest BCUT2D eigenvalue weighted by molar-refractivity contribution is 5.98. The quantitative estimate of drug-likeness (QED) is 0.723. The van der Waals surface area contributed by atoms with Crippen molar-refractivity contribution in [3.8, 4) is 11.5 Å². The first-order chi connectivity index (χ1) is 7.70. The lowest BCUT2D eigenvalue weighted by atomic mass is 10.1. The average Bonchev–Trinajstić information content (AvgIpc) is 2.75. The van der Waals surface area contributed by atoms with E-state index in [-0.39, 0.29) is 12.6 Å². The third-order valence-corrected chi connectivity index (χ3v) is 2.65. The molecule has 1 aromatic carbocycles. The Morgan fingerprint density at radius 3 is 2.88 bits per heavy atom. The molecule has 2 rings (SSSR count). The number of hydrogen-bond donors (Lipinski definition) is 0. The highest BCUT2D eigenvalue weighted by Crippen LogP contribution is 2.32. The van der Waals surface area contributed by atoms with Gasteiger partial charge in [0, 0.05) is 5.56 Å². The Bertz CT molecular complexity index is 403. The Morgan fingerprint density at radius 2 is 2.12 bits per heavy atom. The highest BCUT2D eigenvalue weighted by Gasteiger charge is 2.16. The second kappa shape index (κ2) is 4.53. The minimum absolute atomic E-state index is 0.0997. The number of carbonyl (C=O) groups excluding carboxylic acids is 1. The third-order valence-electron chi connectivity index (χ3n) is 2.65. The minimum atomic E-state index is 0.0997. The molecule has 1 aliphatic rings. The normalized spacial score (nSPS) is 13.2. The van der Waals surface area contributed by atoms with Crippen molar-refractivity contribution in [2.24, 2.45) is 0 Å². The molecule has 1 heterocycles. The second-order valence-corrected chi connectivity index (χ2v) is 3.82. The van der Waals surface area contributed by atoms with Crippen LogP contribution in [-0.2, 0) is 0 Å². The van der Waals surface area contributed by atoms with Crippen molar-refractivity contribution < 1.29 is 14.3 Å². The number of hydrogen-bond acceptors (Lipinski definition) is 4. The Kier molecular flexibility index (Phi) is 3.10. The smallest absolute Gasteiger partial charge is 0.231 e. The molecule has 86 valence electrons. The molecule has 16 heavy (non-hydrogen) atoms. The van der Waals surface area contributed by atoms with Gasteiger partial charge in [0.05, 0.1) is 6.54 Å². The van der Waals surface area contributed by atoms with Crippen LogP contribution in [0.3, 0.4) is 0 Å². The van der Waals surface area contributed by atoms with E-state index in [4.69, 9.17) is 9.47 Å². The number of ether oxygens (including phenoxy) is 2. The highest BCUT2D eigenvalue weighted by atomic mass is 16.7. The van der Waals surface area contributed by atoms with Gasteiger partial charge >= 0.3 is 0 Å². The number of Topliss-reactive ketones (excluding diaryl/α,β-unsaturated/α-hetero) is 1. The molecule has 0 atom stereocenters. The number of ketones is 1. The van der Waals surface area contributed by atoms with Crippen LogP contribution in [0.1, 0.15) is 17.3 Å². The lowest BCUT2D eigenvalue weighted by Gasteiger charge is -2.12. The van der Waals surface area contributed by atoms with E-state index in [1.165, 1.54) is 0 Å². The lowest BCUT2D eigenvalue weighted by Crippen LogP contribution is -2.25. The van der Waals surface area contributed by atoms with Crippen molar-refractivity contribution in [1.29, 1.82) is 0 Å². The molecule has 0 bridgehead atoms. The Balaban J connectivity index is 2.12. The van der Waals surface area contributed by atoms with Crippen molar-refractivity contribution in [2.75, 3.05) is 26.9 Å². The molecule has 0 unspecified atom stereocenters. The van der Waals surface area contributed by atoms with Crippen LogP contribution in [-0.4, -0.2) is 37.6 Å². The first kappa shape index (κ1) is 11.0. The van der Waals surface area contributed by atoms with E-state index in [9.17, 15) is 4.79 Å². The molecule has 1 aliphatic heterocycles. The Hall–Kier alpha value is -1.55. The first-order valence-electron chi connectivity index (χ1n) is 5.32. The van der Waals surface area contributed by atoms with Gasteiger partial charge in [-0.05, 0) is 31.8 Å². The molecule has 0 fully saturated rings. The molecule has 0 saturated heterocycles. The van der Waals surface area contributed by atoms with Gasteiger partial charge in [-0.15, -0.1) is 0 Å². The van der Waals surface area contributed by atoms with E-state index in [2.05, 4.69) is 0 Å². The average molecular weight is 221 g/mol. The summed E-state index contributed by atoms with van der Waals surface area (Å²) < 4.78 is 10.4. The zero-order valence-corrected chi connectivity index (χ0v) is 9.53. The van der Waals surface area contributed by atoms with Gasteiger partial charge in [0.2, 0.25) is 6.79 Å². The fourth-order valence-corrected chi connectivity index (χ4v) is 1.52. The van der Waals surface area contributed by atoms with E-state index in [0.717, 1.165) is 6.54 Å². The fraction of sp³-hybridized carbons (Fsp3) is 0.417. The number of benzene rings is 1. The predicted octanol–water partition coefficient (Wildman–Crippen LogP) is 1.55. The van der Waals surface area contributed by atoms with E-state index in [0.29, 0.717) is 23.6 Å². The molecule has 0 amide bonds. The molecule has 4 nitrogen and oxygen atoms in total. The monoisotopic (exact) mass is 221 g/mol. The van der Waals surface area contributed by atoms with Gasteiger partial charge in [0.1, 0.15) is 0 Å². The SMILES string of the molecule is CCN(C)CC(=O)c1ccc2c(c1)OCO2. The largest absolute Gasteiger partial charge is 0.454 e. The number of rotatable bonds is 4. The molecule has 0 saturated carbocycles. The van der Waals surface area contributed by atoms with Crippen LogP contribution in [0, 0.1) is 0 Å². The molecule has 0 aromatic heterocycles. The molecular formula is C12H15NO3. The van der Waals surface area contributed by atoms with Crippen molar-refractivity contribution in [3.63, 3.8) is 0 Å². The van der Waals surface area contributed by atoms with Gasteiger partial charge in [-0.2, -0.15) is 0 Å². The van der Waals surface area contributed by atoms with Crippen molar-refractivity contribution >= 4 is 5.78 Å². The van der Waals surface area contributed by atoms with Gasteiger partial charge < -0.3 is 9.47 Å². The van der Waals surface area contributed by atoms with E-state index in [1.54, 1.807) is 18.2 Å². The number of fused-ring (bicyclic) bond motifs is 1. The van der Waals surface area contributed by atoms with E-state index < -0.39 is 0 Å². The third kappa shape index (κ3) is 2.17. The number of nitrogens with zero attached hydrogens (tertiary/aromatic N) is 1. The molecule has 4 heteroatoms. The van der Waals surface area contributed by atoms with Crippen LogP contribution in [0.5, 0.6) is 11.5 Å². The molecule has 0 spiro atoms. The van der Waals surface area contributed by atoms with Crippen LogP contribution in [0.15, 0.2) is 18.2 Å². The summed E-state index contributed by atoms with van der Waals surface area (Å²) in [6.07, 6.45) is 0. The Labute approximate surface area is 94.8 Å². The summed E-state index contributed by atoms with van der Waals surface area (Å²) in [6.45, 7) is 3.54. The molecular weight excluding hydrogens is 206 g/mol. The van der Waals surface area contributed by atoms with Gasteiger partial charge in [-0.1, -0.05) is 6.92 Å². The molecule has 0 radical (unpaired) electrons. The maximum absolute atomic E-state index is 11.9. The maximum atomic E-state index is 11.9. The zero-order chi connectivity index (χ0) is 11.5. The predicted molar refractivity (Wildman–Crippen MR) is 60.1 cm³/mol. The molecule has 0 aliphatic carbocycles. The van der Waals surface area contributed by atoms with Gasteiger partial charge in [-0.3, -0.25) is 9.69 Å². The number of likely N-dealkylation sites (N-methyl/N-ethyl adjacent to an activating group) is 1. The topological polar surface area (TPSA) is 38.8 Å². The van der Waals surface area contributed by atoms with Gasteiger partial charge in [-0.25, -0.2) is 0 Å². The standard InChI is InChI=1S/C12H15NO3/c1-3-13(2)7-10(14)9-4-5-11-12(6-9)16-8-15-11/h4-6H,3,7-8H2,1-2H3. The minimum Gasteiger partial charge on any atom is -0.454 e. The van der Waals surface area contributed by atoms with Crippen LogP contribution in [0.4, 0.5) is 0 Å². The maximum Gasteiger partial charge on any atom is 0.231 e. The van der Waals surface area contributed by atoms with Crippen LogP contribution in [0.25, 0.3) is 0 Å². The second-order valence-electron chi connectivity index (χ2n) is 3.82. The van der Waals surface area contributed by atoms with E-state index in [1.807, 2.05) is 18.9 Å². The van der Waals surface area contributed by atoms with E-state index >= 15 is 0 Å². The summed E-state index contributed by atoms with van der Waals surface area (Å²) in [5.41, 5.74) is 0.671. The summed E-state index contributed by atoms with van der Waals surface area (Å²) in [4.78, 5) is 13.8. The molecule has 0 N–H and O–H groups in total. The van der Waals surface area contributed by atoms with Crippen molar-refractivity contribution in [2.45, 2.75) is 6.92 Å². The zero-order valence-electron chi connectivity index (χ0n) is 9.53. The number of carbonyl (C=O) groups is 1. The summed E-state index contributed by atoms with van der Waals surface area (Å²) in [5, 5.41) is 0. The summed E-state index contributed by atoms with van der Waals surface area (Å²) in [5.74, 6) is 1.47. The van der Waals surface area contributed by atoms with Gasteiger partial charge in [0.25, 0.3) is 0 Å². The summed E-state index contributed by atoms with van der Waals surface area (Å²) in [6, 6.07) is 5.30.